The maximum Gasteiger partial charge on any atom is 0.187 e. The molecule has 0 aliphatic heterocycles. The van der Waals surface area contributed by atoms with Gasteiger partial charge in [0.1, 0.15) is 11.5 Å². The van der Waals surface area contributed by atoms with Gasteiger partial charge in [-0.05, 0) is 104 Å². The van der Waals surface area contributed by atoms with Crippen LogP contribution in [-0.4, -0.2) is 29.4 Å². The van der Waals surface area contributed by atoms with Gasteiger partial charge in [-0.15, -0.1) is 0 Å². The number of ether oxygens (including phenoxy) is 2. The van der Waals surface area contributed by atoms with E-state index in [-0.39, 0.29) is 55.0 Å². The van der Waals surface area contributed by atoms with Crippen LogP contribution in [0.4, 0.5) is 0 Å². The molecule has 0 bridgehead atoms. The van der Waals surface area contributed by atoms with Crippen molar-refractivity contribution in [3.63, 3.8) is 0 Å². The molecule has 0 N–H and O–H groups in total. The van der Waals surface area contributed by atoms with Gasteiger partial charge in [0.2, 0.25) is 0 Å². The van der Waals surface area contributed by atoms with Gasteiger partial charge < -0.3 is 9.47 Å². The number of benzene rings is 6. The van der Waals surface area contributed by atoms with Crippen LogP contribution in [0.3, 0.4) is 0 Å². The molecule has 8 heteroatoms. The molecule has 0 fully saturated rings. The molecule has 6 aromatic carbocycles. The quantitative estimate of drug-likeness (QED) is 0.0238. The fraction of sp³-hybridized carbons (Fsp3) is 0.618. The van der Waals surface area contributed by atoms with Gasteiger partial charge in [-0.1, -0.05) is 225 Å². The molecular formula is C68H100O6Si2. The van der Waals surface area contributed by atoms with Crippen LogP contribution in [0, 0.1) is 0 Å². The summed E-state index contributed by atoms with van der Waals surface area (Å²) in [5, 5.41) is 8.50. The molecule has 0 atom stereocenters. The summed E-state index contributed by atoms with van der Waals surface area (Å²) < 4.78 is 14.5. The van der Waals surface area contributed by atoms with Gasteiger partial charge in [0.05, 0.1) is 34.7 Å². The summed E-state index contributed by atoms with van der Waals surface area (Å²) in [6.45, 7) is 33.7. The summed E-state index contributed by atoms with van der Waals surface area (Å²) in [5.41, 5.74) is 0.806. The maximum absolute atomic E-state index is 15.0. The van der Waals surface area contributed by atoms with E-state index in [0.29, 0.717) is 62.4 Å². The largest absolute Gasteiger partial charge is 0.493 e. The molecule has 0 aromatic heterocycles. The Morgan fingerprint density at radius 1 is 0.316 bits per heavy atom. The van der Waals surface area contributed by atoms with Crippen LogP contribution < -0.4 is 41.6 Å². The van der Waals surface area contributed by atoms with E-state index >= 15 is 9.59 Å². The highest BCUT2D eigenvalue weighted by molar-refractivity contribution is 6.97. The van der Waals surface area contributed by atoms with Gasteiger partial charge in [-0.3, -0.25) is 19.2 Å². The van der Waals surface area contributed by atoms with Gasteiger partial charge in [0.15, 0.2) is 21.7 Å². The second-order valence-electron chi connectivity index (χ2n) is 25.0. The summed E-state index contributed by atoms with van der Waals surface area (Å²) in [5.74, 6) is 1.35. The standard InChI is InChI=1S/C68H100O6Si2/c1-15-17-19-21-23-25-27-29-31-33-39-73-59-41-53-61(75(45(3)4,46(5)6)47(7)8)43-51-55(69)35-37-57(71)63(51)65(53)68-66-54(42-60(67(59)68)74-40-34-32-30-28-26-24-22-20-18-16-2)62(76(48(9)10,49(11)12)50(13)14)44-52-56(70)36-38-58(72)64(52)66/h35-38,41-50H,15-34,39-40H2,1-14H3. The van der Waals surface area contributed by atoms with Gasteiger partial charge >= 0.3 is 0 Å². The van der Waals surface area contributed by atoms with Crippen LogP contribution in [-0.2, 0) is 0 Å². The molecule has 76 heavy (non-hydrogen) atoms. The lowest BCUT2D eigenvalue weighted by molar-refractivity contribution is 0.297. The Kier molecular flexibility index (Phi) is 22.2. The summed E-state index contributed by atoms with van der Waals surface area (Å²) in [6.07, 6.45) is 24.2. The van der Waals surface area contributed by atoms with Crippen molar-refractivity contribution in [2.45, 2.75) is 259 Å². The lowest BCUT2D eigenvalue weighted by Crippen LogP contribution is -2.56. The zero-order valence-electron chi connectivity index (χ0n) is 50.1. The van der Waals surface area contributed by atoms with Crippen LogP contribution in [0.1, 0.15) is 225 Å². The molecule has 416 valence electrons. The third-order valence-corrected chi connectivity index (χ3v) is 32.7. The first-order valence-electron chi connectivity index (χ1n) is 30.8. The van der Waals surface area contributed by atoms with E-state index in [1.807, 2.05) is 0 Å². The zero-order valence-corrected chi connectivity index (χ0v) is 52.1. The summed E-state index contributed by atoms with van der Waals surface area (Å²) in [7, 11) is -5.25. The van der Waals surface area contributed by atoms with Crippen molar-refractivity contribution in [1.29, 1.82) is 0 Å². The van der Waals surface area contributed by atoms with Gasteiger partial charge in [0.25, 0.3) is 0 Å². The van der Waals surface area contributed by atoms with Crippen molar-refractivity contribution >= 4 is 80.4 Å². The van der Waals surface area contributed by atoms with E-state index < -0.39 is 16.1 Å². The fourth-order valence-electron chi connectivity index (χ4n) is 15.3. The number of hydrogen-bond acceptors (Lipinski definition) is 6. The summed E-state index contributed by atoms with van der Waals surface area (Å²) in [4.78, 5) is 59.3. The Balaban J connectivity index is 1.78. The molecule has 0 saturated heterocycles. The van der Waals surface area contributed by atoms with Crippen LogP contribution in [0.25, 0.3) is 53.9 Å². The molecule has 6 nitrogen and oxygen atoms in total. The second-order valence-corrected chi connectivity index (χ2v) is 36.8. The Bertz CT molecular complexity index is 2850. The third-order valence-electron chi connectivity index (χ3n) is 18.5. The Morgan fingerprint density at radius 2 is 0.592 bits per heavy atom. The number of unbranched alkanes of at least 4 members (excludes halogenated alkanes) is 18. The molecule has 0 heterocycles. The van der Waals surface area contributed by atoms with Crippen molar-refractivity contribution in [2.75, 3.05) is 13.2 Å². The highest BCUT2D eigenvalue weighted by atomic mass is 28.3. The minimum absolute atomic E-state index is 0.188. The van der Waals surface area contributed by atoms with Crippen molar-refractivity contribution in [3.8, 4) is 11.5 Å². The van der Waals surface area contributed by atoms with Crippen molar-refractivity contribution in [3.05, 3.63) is 89.4 Å². The van der Waals surface area contributed by atoms with Crippen molar-refractivity contribution < 1.29 is 9.47 Å². The highest BCUT2D eigenvalue weighted by Crippen LogP contribution is 2.51. The molecule has 0 unspecified atom stereocenters. The summed E-state index contributed by atoms with van der Waals surface area (Å²) >= 11 is 0. The monoisotopic (exact) mass is 1070 g/mol. The van der Waals surface area contributed by atoms with E-state index in [2.05, 4.69) is 121 Å². The smallest absolute Gasteiger partial charge is 0.187 e. The molecule has 0 saturated carbocycles. The van der Waals surface area contributed by atoms with E-state index in [1.54, 1.807) is 0 Å². The predicted octanol–water partition coefficient (Wildman–Crippen LogP) is 18.1. The lowest BCUT2D eigenvalue weighted by atomic mass is 9.89. The Hall–Kier alpha value is -4.15. The topological polar surface area (TPSA) is 86.7 Å². The number of hydrogen-bond donors (Lipinski definition) is 0. The molecule has 0 amide bonds. The van der Waals surface area contributed by atoms with Gasteiger partial charge in [0, 0.05) is 37.7 Å². The Labute approximate surface area is 460 Å². The highest BCUT2D eigenvalue weighted by Gasteiger charge is 2.48. The molecule has 6 aromatic rings. The first-order chi connectivity index (χ1) is 36.3. The van der Waals surface area contributed by atoms with Gasteiger partial charge in [-0.25, -0.2) is 0 Å². The van der Waals surface area contributed by atoms with E-state index in [9.17, 15) is 9.59 Å². The van der Waals surface area contributed by atoms with Crippen LogP contribution in [0.2, 0.25) is 33.2 Å². The molecule has 0 spiro atoms. The van der Waals surface area contributed by atoms with E-state index in [1.165, 1.54) is 114 Å². The average Bonchev–Trinajstić information content (AvgIpc) is 3.45. The first-order valence-corrected chi connectivity index (χ1v) is 35.2. The Morgan fingerprint density at radius 3 is 0.882 bits per heavy atom. The normalized spacial score (nSPS) is 12.8. The fourth-order valence-corrected chi connectivity index (χ4v) is 29.1. The molecule has 0 aliphatic carbocycles. The zero-order chi connectivity index (χ0) is 55.5. The minimum Gasteiger partial charge on any atom is -0.493 e. The van der Waals surface area contributed by atoms with Crippen LogP contribution in [0.15, 0.2) is 67.7 Å². The third kappa shape index (κ3) is 12.3. The summed E-state index contributed by atoms with van der Waals surface area (Å²) in [6, 6.07) is 14.4. The molecule has 0 radical (unpaired) electrons. The van der Waals surface area contributed by atoms with Crippen LogP contribution in [0.5, 0.6) is 11.5 Å². The molecular weight excluding hydrogens is 969 g/mol. The number of rotatable bonds is 32. The maximum atomic E-state index is 15.0. The van der Waals surface area contributed by atoms with Crippen molar-refractivity contribution in [1.82, 2.24) is 0 Å². The minimum atomic E-state index is -2.63. The second kappa shape index (κ2) is 27.6. The molecule has 0 aliphatic rings. The van der Waals surface area contributed by atoms with Crippen molar-refractivity contribution in [2.24, 2.45) is 0 Å². The average molecular weight is 1070 g/mol. The first kappa shape index (κ1) is 61.1. The van der Waals surface area contributed by atoms with Gasteiger partial charge in [-0.2, -0.15) is 0 Å². The van der Waals surface area contributed by atoms with E-state index in [4.69, 9.17) is 9.47 Å². The predicted molar refractivity (Wildman–Crippen MR) is 337 cm³/mol. The van der Waals surface area contributed by atoms with Crippen LogP contribution >= 0.6 is 0 Å². The lowest BCUT2D eigenvalue weighted by Gasteiger charge is -2.45. The number of fused-ring (bicyclic) bond motifs is 9. The molecule has 6 rings (SSSR count). The van der Waals surface area contributed by atoms with E-state index in [0.717, 1.165) is 65.1 Å². The SMILES string of the molecule is CCCCCCCCCCCCOc1cc2c([Si](C(C)C)(C(C)C)C(C)C)cc3c(=O)ccc(=O)c3c2c2c1c(OCCCCCCCCCCCC)cc1c([Si](C(C)C)(C(C)C)C(C)C)cc3c(=O)ccc(=O)c3c12.